The van der Waals surface area contributed by atoms with Gasteiger partial charge in [-0.25, -0.2) is 0 Å². The van der Waals surface area contributed by atoms with E-state index in [2.05, 4.69) is 11.6 Å². The lowest BCUT2D eigenvalue weighted by molar-refractivity contribution is -0.118. The Balaban J connectivity index is 2.43. The molecule has 0 saturated heterocycles. The lowest BCUT2D eigenvalue weighted by Crippen LogP contribution is -2.15. The van der Waals surface area contributed by atoms with Crippen LogP contribution in [0.15, 0.2) is 24.3 Å². The lowest BCUT2D eigenvalue weighted by Gasteiger charge is -2.12. The largest absolute Gasteiger partial charge is 0.491 e. The zero-order valence-electron chi connectivity index (χ0n) is 10.6. The molecule has 0 radical (unpaired) electrons. The number of carbonyl (C=O) groups excluding carboxylic acids is 1. The van der Waals surface area contributed by atoms with Crippen molar-refractivity contribution in [3.8, 4) is 5.75 Å². The third-order valence-electron chi connectivity index (χ3n) is 2.33. The zero-order chi connectivity index (χ0) is 13.2. The number of thioether (sulfide) groups is 1. The molecule has 0 atom stereocenters. The number of anilines is 1. The van der Waals surface area contributed by atoms with Gasteiger partial charge in [0.1, 0.15) is 5.75 Å². The van der Waals surface area contributed by atoms with Crippen LogP contribution in [0.1, 0.15) is 12.8 Å². The topological polar surface area (TPSA) is 64.3 Å². The second-order valence-electron chi connectivity index (χ2n) is 3.83. The van der Waals surface area contributed by atoms with Crippen LogP contribution in [-0.2, 0) is 4.79 Å². The van der Waals surface area contributed by atoms with Crippen molar-refractivity contribution < 1.29 is 9.53 Å². The van der Waals surface area contributed by atoms with Crippen LogP contribution >= 0.6 is 11.8 Å². The number of primary amides is 1. The van der Waals surface area contributed by atoms with Crippen molar-refractivity contribution in [3.63, 3.8) is 0 Å². The Bertz CT molecular complexity index is 372. The normalized spacial score (nSPS) is 10.1. The van der Waals surface area contributed by atoms with Gasteiger partial charge in [0.25, 0.3) is 0 Å². The van der Waals surface area contributed by atoms with Crippen LogP contribution in [0.5, 0.6) is 5.75 Å². The van der Waals surface area contributed by atoms with Gasteiger partial charge in [-0.15, -0.1) is 0 Å². The summed E-state index contributed by atoms with van der Waals surface area (Å²) in [6.07, 6.45) is 3.44. The second-order valence-corrected chi connectivity index (χ2v) is 4.82. The number of carbonyl (C=O) groups is 1. The van der Waals surface area contributed by atoms with Crippen molar-refractivity contribution in [2.45, 2.75) is 12.8 Å². The maximum atomic E-state index is 10.6. The first kappa shape index (κ1) is 14.7. The van der Waals surface area contributed by atoms with Crippen molar-refractivity contribution >= 4 is 23.4 Å². The Morgan fingerprint density at radius 3 is 2.94 bits per heavy atom. The van der Waals surface area contributed by atoms with E-state index in [1.54, 1.807) is 0 Å². The molecule has 100 valence electrons. The minimum Gasteiger partial charge on any atom is -0.491 e. The average molecular weight is 268 g/mol. The molecule has 4 nitrogen and oxygen atoms in total. The molecular formula is C13H20N2O2S. The lowest BCUT2D eigenvalue weighted by atomic mass is 10.3. The monoisotopic (exact) mass is 268 g/mol. The fraction of sp³-hybridized carbons (Fsp3) is 0.462. The van der Waals surface area contributed by atoms with Crippen molar-refractivity contribution in [2.75, 3.05) is 30.5 Å². The molecule has 5 heteroatoms. The van der Waals surface area contributed by atoms with Gasteiger partial charge in [0, 0.05) is 6.54 Å². The van der Waals surface area contributed by atoms with E-state index in [1.807, 2.05) is 36.0 Å². The maximum absolute atomic E-state index is 10.6. The summed E-state index contributed by atoms with van der Waals surface area (Å²) in [5, 5.41) is 3.33. The van der Waals surface area contributed by atoms with Crippen molar-refractivity contribution in [1.29, 1.82) is 0 Å². The van der Waals surface area contributed by atoms with Crippen molar-refractivity contribution in [1.82, 2.24) is 0 Å². The first-order valence-electron chi connectivity index (χ1n) is 5.97. The third kappa shape index (κ3) is 5.82. The quantitative estimate of drug-likeness (QED) is 0.673. The molecule has 1 aromatic carbocycles. The van der Waals surface area contributed by atoms with E-state index in [9.17, 15) is 4.79 Å². The van der Waals surface area contributed by atoms with Gasteiger partial charge in [0.15, 0.2) is 0 Å². The van der Waals surface area contributed by atoms with Gasteiger partial charge >= 0.3 is 0 Å². The summed E-state index contributed by atoms with van der Waals surface area (Å²) in [5.74, 6) is 1.56. The molecule has 0 aliphatic carbocycles. The highest BCUT2D eigenvalue weighted by atomic mass is 32.2. The van der Waals surface area contributed by atoms with E-state index >= 15 is 0 Å². The summed E-state index contributed by atoms with van der Waals surface area (Å²) in [7, 11) is 0. The molecule has 0 unspecified atom stereocenters. The van der Waals surface area contributed by atoms with Crippen molar-refractivity contribution in [3.05, 3.63) is 24.3 Å². The minimum atomic E-state index is -0.347. The Hall–Kier alpha value is -1.36. The molecule has 0 aliphatic heterocycles. The number of para-hydroxylation sites is 2. The smallest absolute Gasteiger partial charge is 0.220 e. The Kier molecular flexibility index (Phi) is 7.10. The van der Waals surface area contributed by atoms with Crippen molar-refractivity contribution in [2.24, 2.45) is 5.73 Å². The van der Waals surface area contributed by atoms with Gasteiger partial charge in [-0.05, 0) is 30.6 Å². The number of rotatable bonds is 9. The van der Waals surface area contributed by atoms with Gasteiger partial charge in [-0.1, -0.05) is 12.1 Å². The number of hydrogen-bond acceptors (Lipinski definition) is 4. The zero-order valence-corrected chi connectivity index (χ0v) is 11.5. The van der Waals surface area contributed by atoms with E-state index in [-0.39, 0.29) is 12.3 Å². The van der Waals surface area contributed by atoms with E-state index in [0.717, 1.165) is 30.2 Å². The fourth-order valence-electron chi connectivity index (χ4n) is 1.44. The summed E-state index contributed by atoms with van der Waals surface area (Å²) in [6.45, 7) is 1.23. The Morgan fingerprint density at radius 1 is 1.44 bits per heavy atom. The highest BCUT2D eigenvalue weighted by Gasteiger charge is 2.03. The number of benzene rings is 1. The molecule has 0 bridgehead atoms. The van der Waals surface area contributed by atoms with E-state index < -0.39 is 0 Å². The molecule has 0 saturated carbocycles. The first-order valence-corrected chi connectivity index (χ1v) is 7.36. The predicted molar refractivity (Wildman–Crippen MR) is 77.2 cm³/mol. The van der Waals surface area contributed by atoms with Crippen LogP contribution in [0.25, 0.3) is 0 Å². The SMILES string of the molecule is CSCCCNc1ccccc1OCCC(N)=O. The highest BCUT2D eigenvalue weighted by Crippen LogP contribution is 2.23. The molecule has 0 fully saturated rings. The third-order valence-corrected chi connectivity index (χ3v) is 3.03. The molecule has 0 heterocycles. The Labute approximate surface area is 112 Å². The van der Waals surface area contributed by atoms with E-state index in [1.165, 1.54) is 0 Å². The number of nitrogens with one attached hydrogen (secondary N) is 1. The summed E-state index contributed by atoms with van der Waals surface area (Å²) in [6, 6.07) is 7.72. The molecular weight excluding hydrogens is 248 g/mol. The summed E-state index contributed by atoms with van der Waals surface area (Å²) < 4.78 is 5.54. The molecule has 3 N–H and O–H groups in total. The molecule has 1 aromatic rings. The molecule has 0 aromatic heterocycles. The Morgan fingerprint density at radius 2 is 2.22 bits per heavy atom. The maximum Gasteiger partial charge on any atom is 0.220 e. The minimum absolute atomic E-state index is 0.237. The van der Waals surface area contributed by atoms with Crippen LogP contribution in [0.3, 0.4) is 0 Å². The van der Waals surface area contributed by atoms with Crippen LogP contribution in [0, 0.1) is 0 Å². The summed E-state index contributed by atoms with van der Waals surface area (Å²) in [5.41, 5.74) is 6.03. The molecule has 0 spiro atoms. The molecule has 1 rings (SSSR count). The first-order chi connectivity index (χ1) is 8.74. The van der Waals surface area contributed by atoms with E-state index in [0.29, 0.717) is 6.61 Å². The van der Waals surface area contributed by atoms with Crippen LogP contribution in [-0.4, -0.2) is 31.1 Å². The highest BCUT2D eigenvalue weighted by molar-refractivity contribution is 7.98. The van der Waals surface area contributed by atoms with Gasteiger partial charge in [-0.2, -0.15) is 11.8 Å². The average Bonchev–Trinajstić information content (AvgIpc) is 2.36. The number of hydrogen-bond donors (Lipinski definition) is 2. The summed E-state index contributed by atoms with van der Waals surface area (Å²) >= 11 is 1.84. The summed E-state index contributed by atoms with van der Waals surface area (Å²) in [4.78, 5) is 10.6. The predicted octanol–water partition coefficient (Wildman–Crippen LogP) is 2.11. The van der Waals surface area contributed by atoms with Gasteiger partial charge in [0.2, 0.25) is 5.91 Å². The standard InChI is InChI=1S/C13H20N2O2S/c1-18-10-4-8-15-11-5-2-3-6-12(11)17-9-7-13(14)16/h2-3,5-6,15H,4,7-10H2,1H3,(H2,14,16). The second kappa shape index (κ2) is 8.69. The van der Waals surface area contributed by atoms with Gasteiger partial charge in [0.05, 0.1) is 18.7 Å². The molecule has 1 amide bonds. The van der Waals surface area contributed by atoms with Crippen LogP contribution < -0.4 is 15.8 Å². The van der Waals surface area contributed by atoms with Gasteiger partial charge in [-0.3, -0.25) is 4.79 Å². The molecule has 0 aliphatic rings. The molecule has 18 heavy (non-hydrogen) atoms. The van der Waals surface area contributed by atoms with Crippen LogP contribution in [0.2, 0.25) is 0 Å². The number of ether oxygens (including phenoxy) is 1. The van der Waals surface area contributed by atoms with Gasteiger partial charge < -0.3 is 15.8 Å². The number of amides is 1. The van der Waals surface area contributed by atoms with Crippen LogP contribution in [0.4, 0.5) is 5.69 Å². The number of nitrogens with two attached hydrogens (primary N) is 1. The fourth-order valence-corrected chi connectivity index (χ4v) is 1.87. The van der Waals surface area contributed by atoms with E-state index in [4.69, 9.17) is 10.5 Å².